The molecule has 0 bridgehead atoms. The summed E-state index contributed by atoms with van der Waals surface area (Å²) in [6.45, 7) is 0.342. The number of nitrogens with one attached hydrogen (secondary N) is 1. The molecule has 0 radical (unpaired) electrons. The lowest BCUT2D eigenvalue weighted by molar-refractivity contribution is -0.131. The van der Waals surface area contributed by atoms with Crippen LogP contribution in [0.3, 0.4) is 0 Å². The number of nitrogens with zero attached hydrogens (tertiary/aromatic N) is 2. The smallest absolute Gasteiger partial charge is 0.335 e. The Morgan fingerprint density at radius 3 is 2.42 bits per heavy atom. The molecule has 0 unspecified atom stereocenters. The quantitative estimate of drug-likeness (QED) is 0.660. The number of hydrogen-bond donors (Lipinski definition) is 1. The molecule has 0 saturated carbocycles. The van der Waals surface area contributed by atoms with E-state index >= 15 is 0 Å². The minimum atomic E-state index is -1.15. The first kappa shape index (κ1) is 17.3. The summed E-state index contributed by atoms with van der Waals surface area (Å²) in [7, 11) is 1.52. The molecule has 3 rings (SSSR count). The first-order valence-corrected chi connectivity index (χ1v) is 7.97. The van der Waals surface area contributed by atoms with E-state index in [4.69, 9.17) is 4.74 Å². The predicted molar refractivity (Wildman–Crippen MR) is 96.1 cm³/mol. The van der Waals surface area contributed by atoms with Crippen LogP contribution in [0.2, 0.25) is 0 Å². The Balaban J connectivity index is 1.78. The molecule has 4 amide bonds. The van der Waals surface area contributed by atoms with Crippen LogP contribution < -0.4 is 15.0 Å². The van der Waals surface area contributed by atoms with E-state index in [1.165, 1.54) is 13.3 Å². The van der Waals surface area contributed by atoms with Crippen molar-refractivity contribution in [2.45, 2.75) is 6.54 Å². The van der Waals surface area contributed by atoms with Crippen LogP contribution in [0.5, 0.6) is 5.75 Å². The maximum atomic E-state index is 12.7. The van der Waals surface area contributed by atoms with E-state index in [9.17, 15) is 14.4 Å². The standard InChI is InChI=1S/C19H17N3O4/c1-26-15-9-7-14(8-10-15)22-18(24)16(17(23)21-19(22)25)12-20-11-13-5-3-2-4-6-13/h2-10,12,16H,11H2,1H3,(H,21,23,25)/t16-/m0/s1. The molecule has 0 aromatic heterocycles. The highest BCUT2D eigenvalue weighted by Gasteiger charge is 2.40. The zero-order chi connectivity index (χ0) is 18.5. The van der Waals surface area contributed by atoms with Gasteiger partial charge >= 0.3 is 6.03 Å². The second-order valence-electron chi connectivity index (χ2n) is 5.62. The Bertz CT molecular complexity index is 847. The number of barbiturate groups is 1. The normalized spacial score (nSPS) is 17.5. The Labute approximate surface area is 150 Å². The van der Waals surface area contributed by atoms with Gasteiger partial charge in [0.05, 0.1) is 19.3 Å². The van der Waals surface area contributed by atoms with Gasteiger partial charge in [0, 0.05) is 6.21 Å². The summed E-state index contributed by atoms with van der Waals surface area (Å²) < 4.78 is 5.06. The highest BCUT2D eigenvalue weighted by atomic mass is 16.5. The van der Waals surface area contributed by atoms with Crippen molar-refractivity contribution in [1.29, 1.82) is 0 Å². The highest BCUT2D eigenvalue weighted by Crippen LogP contribution is 2.23. The van der Waals surface area contributed by atoms with Crippen molar-refractivity contribution in [3.05, 3.63) is 60.2 Å². The number of aliphatic imine (C=N–C) groups is 1. The van der Waals surface area contributed by atoms with Crippen molar-refractivity contribution in [1.82, 2.24) is 5.32 Å². The summed E-state index contributed by atoms with van der Waals surface area (Å²) >= 11 is 0. The zero-order valence-corrected chi connectivity index (χ0v) is 14.1. The molecule has 1 atom stereocenters. The summed E-state index contributed by atoms with van der Waals surface area (Å²) in [4.78, 5) is 41.9. The maximum Gasteiger partial charge on any atom is 0.335 e. The number of carbonyl (C=O) groups excluding carboxylic acids is 3. The molecule has 1 fully saturated rings. The van der Waals surface area contributed by atoms with Crippen molar-refractivity contribution >= 4 is 29.7 Å². The Kier molecular flexibility index (Phi) is 5.07. The van der Waals surface area contributed by atoms with Gasteiger partial charge in [0.2, 0.25) is 5.91 Å². The summed E-state index contributed by atoms with van der Waals surface area (Å²) in [5, 5.41) is 2.19. The first-order valence-electron chi connectivity index (χ1n) is 7.97. The monoisotopic (exact) mass is 351 g/mol. The summed E-state index contributed by atoms with van der Waals surface area (Å²) in [6.07, 6.45) is 1.29. The third-order valence-electron chi connectivity index (χ3n) is 3.90. The van der Waals surface area contributed by atoms with E-state index in [1.807, 2.05) is 30.3 Å². The predicted octanol–water partition coefficient (Wildman–Crippen LogP) is 2.17. The third-order valence-corrected chi connectivity index (χ3v) is 3.90. The molecule has 26 heavy (non-hydrogen) atoms. The minimum absolute atomic E-state index is 0.342. The van der Waals surface area contributed by atoms with Gasteiger partial charge in [-0.3, -0.25) is 19.9 Å². The molecule has 1 heterocycles. The van der Waals surface area contributed by atoms with Crippen LogP contribution in [-0.2, 0) is 16.1 Å². The number of benzene rings is 2. The number of ether oxygens (including phenoxy) is 1. The summed E-state index contributed by atoms with van der Waals surface area (Å²) in [5.41, 5.74) is 1.30. The molecule has 0 spiro atoms. The SMILES string of the molecule is COc1ccc(N2C(=O)NC(=O)[C@H](C=NCc3ccccc3)C2=O)cc1. The molecular formula is C19H17N3O4. The van der Waals surface area contributed by atoms with Crippen molar-refractivity contribution in [2.24, 2.45) is 10.9 Å². The van der Waals surface area contributed by atoms with Crippen LogP contribution in [-0.4, -0.2) is 31.2 Å². The molecule has 2 aromatic carbocycles. The molecule has 1 N–H and O–H groups in total. The van der Waals surface area contributed by atoms with E-state index in [1.54, 1.807) is 24.3 Å². The molecule has 132 valence electrons. The molecule has 1 saturated heterocycles. The largest absolute Gasteiger partial charge is 0.497 e. The molecule has 1 aliphatic rings. The van der Waals surface area contributed by atoms with Crippen molar-refractivity contribution in [2.75, 3.05) is 12.0 Å². The zero-order valence-electron chi connectivity index (χ0n) is 14.1. The van der Waals surface area contributed by atoms with Crippen LogP contribution in [0.15, 0.2) is 59.6 Å². The molecule has 7 nitrogen and oxygen atoms in total. The lowest BCUT2D eigenvalue weighted by atomic mass is 10.1. The Morgan fingerprint density at radius 1 is 1.08 bits per heavy atom. The Hall–Kier alpha value is -3.48. The molecule has 0 aliphatic carbocycles. The average Bonchev–Trinajstić information content (AvgIpc) is 2.65. The Morgan fingerprint density at radius 2 is 1.77 bits per heavy atom. The van der Waals surface area contributed by atoms with E-state index in [0.29, 0.717) is 18.0 Å². The fourth-order valence-corrected chi connectivity index (χ4v) is 2.54. The number of imide groups is 2. The molecule has 7 heteroatoms. The summed E-state index contributed by atoms with van der Waals surface area (Å²) in [6, 6.07) is 15.1. The third kappa shape index (κ3) is 3.61. The number of anilines is 1. The van der Waals surface area contributed by atoms with E-state index < -0.39 is 23.8 Å². The van der Waals surface area contributed by atoms with E-state index in [2.05, 4.69) is 10.3 Å². The number of rotatable bonds is 5. The van der Waals surface area contributed by atoms with Gasteiger partial charge in [0.25, 0.3) is 5.91 Å². The lowest BCUT2D eigenvalue weighted by Crippen LogP contribution is -2.58. The van der Waals surface area contributed by atoms with Gasteiger partial charge in [-0.05, 0) is 29.8 Å². The second kappa shape index (κ2) is 7.60. The van der Waals surface area contributed by atoms with Gasteiger partial charge in [-0.15, -0.1) is 0 Å². The van der Waals surface area contributed by atoms with E-state index in [-0.39, 0.29) is 0 Å². The van der Waals surface area contributed by atoms with Crippen molar-refractivity contribution in [3.8, 4) is 5.75 Å². The number of amides is 4. The molecule has 2 aromatic rings. The van der Waals surface area contributed by atoms with Gasteiger partial charge in [0.15, 0.2) is 5.92 Å². The molecule has 1 aliphatic heterocycles. The molecular weight excluding hydrogens is 334 g/mol. The van der Waals surface area contributed by atoms with E-state index in [0.717, 1.165) is 10.5 Å². The van der Waals surface area contributed by atoms with Crippen LogP contribution in [0.4, 0.5) is 10.5 Å². The summed E-state index contributed by atoms with van der Waals surface area (Å²) in [5.74, 6) is -1.88. The van der Waals surface area contributed by atoms with Crippen molar-refractivity contribution < 1.29 is 19.1 Å². The van der Waals surface area contributed by atoms with Gasteiger partial charge in [-0.1, -0.05) is 30.3 Å². The van der Waals surface area contributed by atoms with Gasteiger partial charge in [0.1, 0.15) is 5.75 Å². The highest BCUT2D eigenvalue weighted by molar-refractivity contribution is 6.32. The second-order valence-corrected chi connectivity index (χ2v) is 5.62. The van der Waals surface area contributed by atoms with Crippen LogP contribution in [0, 0.1) is 5.92 Å². The van der Waals surface area contributed by atoms with Gasteiger partial charge in [-0.2, -0.15) is 0 Å². The topological polar surface area (TPSA) is 88.1 Å². The number of carbonyl (C=O) groups is 3. The first-order chi connectivity index (χ1) is 12.6. The number of hydrogen-bond acceptors (Lipinski definition) is 5. The van der Waals surface area contributed by atoms with Gasteiger partial charge in [-0.25, -0.2) is 9.69 Å². The fourth-order valence-electron chi connectivity index (χ4n) is 2.54. The number of methoxy groups -OCH3 is 1. The van der Waals surface area contributed by atoms with Gasteiger partial charge < -0.3 is 4.74 Å². The van der Waals surface area contributed by atoms with Crippen LogP contribution in [0.1, 0.15) is 5.56 Å². The minimum Gasteiger partial charge on any atom is -0.497 e. The maximum absolute atomic E-state index is 12.7. The number of urea groups is 1. The van der Waals surface area contributed by atoms with Crippen LogP contribution >= 0.6 is 0 Å². The average molecular weight is 351 g/mol. The fraction of sp³-hybridized carbons (Fsp3) is 0.158. The van der Waals surface area contributed by atoms with Crippen LogP contribution in [0.25, 0.3) is 0 Å². The lowest BCUT2D eigenvalue weighted by Gasteiger charge is -2.28. The van der Waals surface area contributed by atoms with Crippen molar-refractivity contribution in [3.63, 3.8) is 0 Å².